The van der Waals surface area contributed by atoms with Crippen LogP contribution in [0.3, 0.4) is 0 Å². The number of carbonyl (C=O) groups excluding carboxylic acids is 1. The van der Waals surface area contributed by atoms with Gasteiger partial charge in [-0.05, 0) is 51.3 Å². The Labute approximate surface area is 190 Å². The Morgan fingerprint density at radius 1 is 1.12 bits per heavy atom. The fourth-order valence-electron chi connectivity index (χ4n) is 5.29. The Balaban J connectivity index is 1.83. The second-order valence-electron chi connectivity index (χ2n) is 9.52. The number of nitrogens with zero attached hydrogens (tertiary/aromatic N) is 3. The van der Waals surface area contributed by atoms with E-state index in [0.717, 1.165) is 18.9 Å². The predicted octanol–water partition coefficient (Wildman–Crippen LogP) is 4.19. The largest absolute Gasteiger partial charge is 0.501 e. The molecule has 0 saturated heterocycles. The van der Waals surface area contributed by atoms with Crippen molar-refractivity contribution < 1.29 is 23.1 Å². The second kappa shape index (κ2) is 8.18. The number of aryl methyl sites for hydroxylation is 1. The lowest BCUT2D eigenvalue weighted by atomic mass is 9.74. The summed E-state index contributed by atoms with van der Waals surface area (Å²) in [4.78, 5) is 31.2. The summed E-state index contributed by atoms with van der Waals surface area (Å²) in [6, 6.07) is 4.02. The number of hydrogen-bond donors (Lipinski definition) is 1. The van der Waals surface area contributed by atoms with Gasteiger partial charge in [0.1, 0.15) is 5.82 Å². The third-order valence-electron chi connectivity index (χ3n) is 6.96. The van der Waals surface area contributed by atoms with Crippen molar-refractivity contribution in [1.82, 2.24) is 14.5 Å². The molecule has 1 aromatic heterocycles. The Morgan fingerprint density at radius 2 is 1.79 bits per heavy atom. The van der Waals surface area contributed by atoms with Gasteiger partial charge < -0.3 is 14.6 Å². The van der Waals surface area contributed by atoms with Gasteiger partial charge in [-0.3, -0.25) is 9.59 Å². The number of amides is 1. The maximum Gasteiger partial charge on any atom is 0.416 e. The number of aromatic hydroxyl groups is 1. The predicted molar refractivity (Wildman–Crippen MR) is 116 cm³/mol. The van der Waals surface area contributed by atoms with Gasteiger partial charge in [0.15, 0.2) is 5.69 Å². The van der Waals surface area contributed by atoms with Crippen molar-refractivity contribution in [2.45, 2.75) is 77.1 Å². The number of benzene rings is 1. The van der Waals surface area contributed by atoms with Crippen LogP contribution in [0.25, 0.3) is 0 Å². The molecule has 0 unspecified atom stereocenters. The lowest BCUT2D eigenvalue weighted by Crippen LogP contribution is -2.47. The Bertz CT molecular complexity index is 1150. The molecule has 0 atom stereocenters. The zero-order chi connectivity index (χ0) is 24.1. The first-order chi connectivity index (χ1) is 15.4. The van der Waals surface area contributed by atoms with E-state index in [0.29, 0.717) is 42.9 Å². The lowest BCUT2D eigenvalue weighted by molar-refractivity contribution is -0.137. The standard InChI is InChI=1S/C24H28F3N3O3/c1-14(2)29-8-9-30-18(28-21(32)20(31)19(30)22(29)33)13-23(6-4-5-7-23)16-10-15(3)11-17(12-16)24(25,26)27/h10-12,14,31H,4-9,13H2,1-3H3. The normalized spacial score (nSPS) is 18.2. The molecular weight excluding hydrogens is 435 g/mol. The summed E-state index contributed by atoms with van der Waals surface area (Å²) in [5.41, 5.74) is -1.19. The number of aromatic nitrogens is 2. The molecule has 1 aliphatic carbocycles. The summed E-state index contributed by atoms with van der Waals surface area (Å²) >= 11 is 0. The summed E-state index contributed by atoms with van der Waals surface area (Å²) in [6.45, 7) is 6.11. The monoisotopic (exact) mass is 463 g/mol. The maximum absolute atomic E-state index is 13.5. The molecule has 178 valence electrons. The Kier molecular flexibility index (Phi) is 5.78. The highest BCUT2D eigenvalue weighted by Gasteiger charge is 2.41. The van der Waals surface area contributed by atoms with E-state index in [1.807, 2.05) is 13.8 Å². The number of halogens is 3. The number of carbonyl (C=O) groups is 1. The first-order valence-corrected chi connectivity index (χ1v) is 11.3. The van der Waals surface area contributed by atoms with Gasteiger partial charge in [0, 0.05) is 31.0 Å². The topological polar surface area (TPSA) is 75.4 Å². The van der Waals surface area contributed by atoms with Gasteiger partial charge in [0.05, 0.1) is 5.56 Å². The first-order valence-electron chi connectivity index (χ1n) is 11.3. The Morgan fingerprint density at radius 3 is 2.39 bits per heavy atom. The maximum atomic E-state index is 13.5. The van der Waals surface area contributed by atoms with E-state index in [1.54, 1.807) is 22.5 Å². The van der Waals surface area contributed by atoms with Gasteiger partial charge in [-0.1, -0.05) is 24.5 Å². The van der Waals surface area contributed by atoms with E-state index < -0.39 is 34.4 Å². The molecule has 1 N–H and O–H groups in total. The molecule has 1 saturated carbocycles. The Hall–Kier alpha value is -2.84. The van der Waals surface area contributed by atoms with Crippen molar-refractivity contribution in [2.24, 2.45) is 0 Å². The highest BCUT2D eigenvalue weighted by atomic mass is 19.4. The first kappa shape index (κ1) is 23.3. The fraction of sp³-hybridized carbons (Fsp3) is 0.542. The van der Waals surface area contributed by atoms with Gasteiger partial charge >= 0.3 is 11.7 Å². The smallest absolute Gasteiger partial charge is 0.416 e. The minimum atomic E-state index is -4.46. The van der Waals surface area contributed by atoms with E-state index in [1.165, 1.54) is 6.07 Å². The molecular formula is C24H28F3N3O3. The number of hydrogen-bond acceptors (Lipinski definition) is 4. The molecule has 2 aromatic rings. The van der Waals surface area contributed by atoms with E-state index in [4.69, 9.17) is 0 Å². The third kappa shape index (κ3) is 4.13. The van der Waals surface area contributed by atoms with Crippen LogP contribution in [0.4, 0.5) is 13.2 Å². The molecule has 2 aliphatic rings. The molecule has 33 heavy (non-hydrogen) atoms. The zero-order valence-corrected chi connectivity index (χ0v) is 19.0. The van der Waals surface area contributed by atoms with Crippen LogP contribution in [0, 0.1) is 6.92 Å². The van der Waals surface area contributed by atoms with E-state index in [2.05, 4.69) is 4.98 Å². The summed E-state index contributed by atoms with van der Waals surface area (Å²) in [6.07, 6.45) is -1.21. The number of rotatable bonds is 4. The average Bonchev–Trinajstić information content (AvgIpc) is 3.20. The third-order valence-corrected chi connectivity index (χ3v) is 6.96. The van der Waals surface area contributed by atoms with Crippen molar-refractivity contribution in [3.63, 3.8) is 0 Å². The van der Waals surface area contributed by atoms with Crippen molar-refractivity contribution >= 4 is 5.91 Å². The number of fused-ring (bicyclic) bond motifs is 1. The summed E-state index contributed by atoms with van der Waals surface area (Å²) in [5, 5.41) is 10.4. The van der Waals surface area contributed by atoms with Crippen LogP contribution >= 0.6 is 0 Å². The molecule has 1 aromatic carbocycles. The van der Waals surface area contributed by atoms with Crippen molar-refractivity contribution in [2.75, 3.05) is 6.54 Å². The minimum absolute atomic E-state index is 0.0849. The van der Waals surface area contributed by atoms with Crippen LogP contribution < -0.4 is 5.56 Å². The molecule has 1 amide bonds. The average molecular weight is 464 g/mol. The molecule has 1 aliphatic heterocycles. The number of alkyl halides is 3. The second-order valence-corrected chi connectivity index (χ2v) is 9.52. The van der Waals surface area contributed by atoms with E-state index in [9.17, 15) is 27.9 Å². The summed E-state index contributed by atoms with van der Waals surface area (Å²) < 4.78 is 42.2. The lowest BCUT2D eigenvalue weighted by Gasteiger charge is -2.36. The van der Waals surface area contributed by atoms with Gasteiger partial charge in [0.25, 0.3) is 5.91 Å². The highest BCUT2D eigenvalue weighted by Crippen LogP contribution is 2.45. The van der Waals surface area contributed by atoms with Gasteiger partial charge in [-0.2, -0.15) is 18.2 Å². The minimum Gasteiger partial charge on any atom is -0.501 e. The van der Waals surface area contributed by atoms with Crippen molar-refractivity contribution in [1.29, 1.82) is 0 Å². The SMILES string of the molecule is Cc1cc(C(F)(F)F)cc(C2(Cc3nc(=O)c(O)c4n3CCN(C(C)C)C4=O)CCCC2)c1. The van der Waals surface area contributed by atoms with Crippen LogP contribution in [0.1, 0.15) is 72.5 Å². The van der Waals surface area contributed by atoms with E-state index >= 15 is 0 Å². The molecule has 0 radical (unpaired) electrons. The molecule has 0 spiro atoms. The highest BCUT2D eigenvalue weighted by molar-refractivity contribution is 5.95. The van der Waals surface area contributed by atoms with Crippen LogP contribution in [0.2, 0.25) is 0 Å². The van der Waals surface area contributed by atoms with Crippen LogP contribution in [0.15, 0.2) is 23.0 Å². The molecule has 1 fully saturated rings. The van der Waals surface area contributed by atoms with Crippen LogP contribution in [-0.4, -0.2) is 38.1 Å². The van der Waals surface area contributed by atoms with Gasteiger partial charge in [0.2, 0.25) is 5.75 Å². The van der Waals surface area contributed by atoms with Crippen LogP contribution in [-0.2, 0) is 24.6 Å². The summed E-state index contributed by atoms with van der Waals surface area (Å²) in [7, 11) is 0. The van der Waals surface area contributed by atoms with E-state index in [-0.39, 0.29) is 18.2 Å². The molecule has 6 nitrogen and oxygen atoms in total. The van der Waals surface area contributed by atoms with Crippen molar-refractivity contribution in [3.8, 4) is 5.75 Å². The summed E-state index contributed by atoms with van der Waals surface area (Å²) in [5.74, 6) is -0.782. The molecule has 4 rings (SSSR count). The molecule has 9 heteroatoms. The molecule has 2 heterocycles. The van der Waals surface area contributed by atoms with Crippen molar-refractivity contribution in [3.05, 3.63) is 56.8 Å². The van der Waals surface area contributed by atoms with Gasteiger partial charge in [-0.15, -0.1) is 0 Å². The van der Waals surface area contributed by atoms with Crippen LogP contribution in [0.5, 0.6) is 5.75 Å². The fourth-order valence-corrected chi connectivity index (χ4v) is 5.29. The quantitative estimate of drug-likeness (QED) is 0.738. The van der Waals surface area contributed by atoms with Gasteiger partial charge in [-0.25, -0.2) is 0 Å². The zero-order valence-electron chi connectivity index (χ0n) is 19.0. The molecule has 0 bridgehead atoms.